The molecule has 116 valence electrons. The van der Waals surface area contributed by atoms with Crippen molar-refractivity contribution >= 4 is 11.6 Å². The van der Waals surface area contributed by atoms with Crippen LogP contribution in [0.5, 0.6) is 5.75 Å². The highest BCUT2D eigenvalue weighted by Crippen LogP contribution is 2.30. The Morgan fingerprint density at radius 3 is 3.05 bits per heavy atom. The molecule has 0 aliphatic carbocycles. The van der Waals surface area contributed by atoms with E-state index in [1.807, 2.05) is 19.4 Å². The first-order valence-corrected chi connectivity index (χ1v) is 7.17. The van der Waals surface area contributed by atoms with Gasteiger partial charge in [0.15, 0.2) is 0 Å². The number of hydrogen-bond acceptors (Lipinski definition) is 5. The molecule has 7 nitrogen and oxygen atoms in total. The van der Waals surface area contributed by atoms with E-state index in [0.29, 0.717) is 18.0 Å². The van der Waals surface area contributed by atoms with E-state index in [1.165, 1.54) is 0 Å². The summed E-state index contributed by atoms with van der Waals surface area (Å²) in [6, 6.07) is 1.72. The predicted octanol–water partition coefficient (Wildman–Crippen LogP) is 0.765. The van der Waals surface area contributed by atoms with Gasteiger partial charge in [0.2, 0.25) is 5.91 Å². The average Bonchev–Trinajstić information content (AvgIpc) is 3.16. The first-order valence-electron chi connectivity index (χ1n) is 7.17. The molecule has 1 saturated heterocycles. The van der Waals surface area contributed by atoms with E-state index in [9.17, 15) is 4.79 Å². The third kappa shape index (κ3) is 2.80. The zero-order chi connectivity index (χ0) is 15.5. The van der Waals surface area contributed by atoms with E-state index in [0.717, 1.165) is 12.1 Å². The van der Waals surface area contributed by atoms with Gasteiger partial charge in [-0.05, 0) is 5.56 Å². The maximum atomic E-state index is 12.6. The summed E-state index contributed by atoms with van der Waals surface area (Å²) in [7, 11) is 3.45. The molecule has 2 aromatic heterocycles. The van der Waals surface area contributed by atoms with Crippen LogP contribution in [0.3, 0.4) is 0 Å². The van der Waals surface area contributed by atoms with Gasteiger partial charge in [-0.2, -0.15) is 5.10 Å². The second-order valence-corrected chi connectivity index (χ2v) is 5.38. The number of carbonyl (C=O) groups is 1. The minimum Gasteiger partial charge on any atom is -0.494 e. The van der Waals surface area contributed by atoms with Crippen molar-refractivity contribution in [3.8, 4) is 5.75 Å². The molecule has 0 aromatic carbocycles. The number of methoxy groups -OCH3 is 1. The number of nitrogens with one attached hydrogen (secondary N) is 2. The Balaban J connectivity index is 1.76. The molecule has 1 aliphatic heterocycles. The number of hydrogen-bond donors (Lipinski definition) is 2. The van der Waals surface area contributed by atoms with E-state index in [2.05, 4.69) is 20.7 Å². The predicted molar refractivity (Wildman–Crippen MR) is 81.7 cm³/mol. The molecule has 3 heterocycles. The Morgan fingerprint density at radius 2 is 2.32 bits per heavy atom. The third-order valence-electron chi connectivity index (χ3n) is 3.96. The summed E-state index contributed by atoms with van der Waals surface area (Å²) in [5, 5.41) is 10.4. The summed E-state index contributed by atoms with van der Waals surface area (Å²) in [5.74, 6) is 0.544. The summed E-state index contributed by atoms with van der Waals surface area (Å²) >= 11 is 0. The molecular formula is C15H19N5O2. The van der Waals surface area contributed by atoms with Gasteiger partial charge >= 0.3 is 0 Å². The summed E-state index contributed by atoms with van der Waals surface area (Å²) in [5.41, 5.74) is 1.66. The summed E-state index contributed by atoms with van der Waals surface area (Å²) in [6.45, 7) is 1.42. The van der Waals surface area contributed by atoms with Crippen LogP contribution in [0.25, 0.3) is 0 Å². The number of anilines is 1. The fraction of sp³-hybridized carbons (Fsp3) is 0.400. The van der Waals surface area contributed by atoms with Crippen LogP contribution in [-0.2, 0) is 11.8 Å². The van der Waals surface area contributed by atoms with E-state index in [1.54, 1.807) is 30.3 Å². The normalized spacial score (nSPS) is 20.8. The molecule has 0 radical (unpaired) electrons. The first-order chi connectivity index (χ1) is 10.7. The highest BCUT2D eigenvalue weighted by atomic mass is 16.5. The Morgan fingerprint density at radius 1 is 1.45 bits per heavy atom. The van der Waals surface area contributed by atoms with Crippen molar-refractivity contribution in [3.05, 3.63) is 36.4 Å². The van der Waals surface area contributed by atoms with E-state index in [4.69, 9.17) is 4.74 Å². The summed E-state index contributed by atoms with van der Waals surface area (Å²) in [4.78, 5) is 16.6. The number of rotatable bonds is 4. The largest absolute Gasteiger partial charge is 0.494 e. The third-order valence-corrected chi connectivity index (χ3v) is 3.96. The van der Waals surface area contributed by atoms with Crippen molar-refractivity contribution in [1.82, 2.24) is 20.1 Å². The van der Waals surface area contributed by atoms with Crippen LogP contribution in [0.1, 0.15) is 11.5 Å². The fourth-order valence-electron chi connectivity index (χ4n) is 2.82. The second kappa shape index (κ2) is 6.15. The highest BCUT2D eigenvalue weighted by Gasteiger charge is 2.35. The average molecular weight is 301 g/mol. The number of nitrogens with zero attached hydrogens (tertiary/aromatic N) is 3. The van der Waals surface area contributed by atoms with E-state index >= 15 is 0 Å². The van der Waals surface area contributed by atoms with Gasteiger partial charge in [-0.15, -0.1) is 0 Å². The number of aryl methyl sites for hydroxylation is 1. The Bertz CT molecular complexity index is 669. The Kier molecular flexibility index (Phi) is 4.06. The molecule has 0 unspecified atom stereocenters. The molecule has 22 heavy (non-hydrogen) atoms. The van der Waals surface area contributed by atoms with Gasteiger partial charge in [-0.3, -0.25) is 14.5 Å². The zero-order valence-corrected chi connectivity index (χ0v) is 12.6. The van der Waals surface area contributed by atoms with Crippen molar-refractivity contribution in [1.29, 1.82) is 0 Å². The minimum atomic E-state index is -0.144. The van der Waals surface area contributed by atoms with Gasteiger partial charge in [-0.1, -0.05) is 0 Å². The monoisotopic (exact) mass is 301 g/mol. The topological polar surface area (TPSA) is 81.1 Å². The number of carbonyl (C=O) groups excluding carboxylic acids is 1. The van der Waals surface area contributed by atoms with Crippen LogP contribution in [-0.4, -0.2) is 40.9 Å². The molecule has 1 amide bonds. The summed E-state index contributed by atoms with van der Waals surface area (Å²) in [6.07, 6.45) is 7.01. The fourth-order valence-corrected chi connectivity index (χ4v) is 2.82. The van der Waals surface area contributed by atoms with Gasteiger partial charge in [0.25, 0.3) is 0 Å². The maximum absolute atomic E-state index is 12.6. The molecule has 2 N–H and O–H groups in total. The van der Waals surface area contributed by atoms with Gasteiger partial charge in [0.1, 0.15) is 11.4 Å². The van der Waals surface area contributed by atoms with Crippen molar-refractivity contribution < 1.29 is 9.53 Å². The molecule has 7 heteroatoms. The lowest BCUT2D eigenvalue weighted by Crippen LogP contribution is -2.28. The first kappa shape index (κ1) is 14.5. The van der Waals surface area contributed by atoms with Crippen LogP contribution in [0.15, 0.2) is 30.9 Å². The zero-order valence-electron chi connectivity index (χ0n) is 12.6. The van der Waals surface area contributed by atoms with E-state index < -0.39 is 0 Å². The molecule has 2 atom stereocenters. The lowest BCUT2D eigenvalue weighted by atomic mass is 9.90. The standard InChI is InChI=1S/C15H19N5O2/c1-20-9-10(5-18-20)11-6-17-7-12(11)15(21)19-13-8-16-4-3-14(13)22-2/h3-5,8-9,11-12,17H,6-7H2,1-2H3,(H,19,21)/t11-,12+/m1/s1. The van der Waals surface area contributed by atoms with Gasteiger partial charge in [-0.25, -0.2) is 0 Å². The van der Waals surface area contributed by atoms with Gasteiger partial charge in [0, 0.05) is 44.5 Å². The molecule has 1 aliphatic rings. The molecule has 0 spiro atoms. The Labute approximate surface area is 128 Å². The lowest BCUT2D eigenvalue weighted by Gasteiger charge is -2.17. The molecule has 1 fully saturated rings. The molecule has 0 saturated carbocycles. The molecule has 3 rings (SSSR count). The number of aromatic nitrogens is 3. The number of pyridine rings is 1. The van der Waals surface area contributed by atoms with Gasteiger partial charge in [0.05, 0.1) is 25.4 Å². The van der Waals surface area contributed by atoms with Crippen molar-refractivity contribution in [2.24, 2.45) is 13.0 Å². The van der Waals surface area contributed by atoms with Crippen LogP contribution in [0.2, 0.25) is 0 Å². The second-order valence-electron chi connectivity index (χ2n) is 5.38. The van der Waals surface area contributed by atoms with E-state index in [-0.39, 0.29) is 17.7 Å². The lowest BCUT2D eigenvalue weighted by molar-refractivity contribution is -0.119. The van der Waals surface area contributed by atoms with Crippen LogP contribution < -0.4 is 15.4 Å². The molecular weight excluding hydrogens is 282 g/mol. The van der Waals surface area contributed by atoms with Crippen LogP contribution >= 0.6 is 0 Å². The van der Waals surface area contributed by atoms with Crippen molar-refractivity contribution in [2.75, 3.05) is 25.5 Å². The number of amides is 1. The summed E-state index contributed by atoms with van der Waals surface area (Å²) < 4.78 is 7.00. The van der Waals surface area contributed by atoms with Crippen LogP contribution in [0.4, 0.5) is 5.69 Å². The number of ether oxygens (including phenoxy) is 1. The van der Waals surface area contributed by atoms with Crippen molar-refractivity contribution in [2.45, 2.75) is 5.92 Å². The van der Waals surface area contributed by atoms with Crippen LogP contribution in [0, 0.1) is 5.92 Å². The SMILES string of the molecule is COc1ccncc1NC(=O)[C@H]1CNC[C@@H]1c1cnn(C)c1. The van der Waals surface area contributed by atoms with Gasteiger partial charge < -0.3 is 15.4 Å². The maximum Gasteiger partial charge on any atom is 0.229 e. The Hall–Kier alpha value is -2.41. The molecule has 2 aromatic rings. The van der Waals surface area contributed by atoms with Crippen molar-refractivity contribution in [3.63, 3.8) is 0 Å². The molecule has 0 bridgehead atoms. The smallest absolute Gasteiger partial charge is 0.229 e. The highest BCUT2D eigenvalue weighted by molar-refractivity contribution is 5.94. The quantitative estimate of drug-likeness (QED) is 0.871. The minimum absolute atomic E-state index is 0.0369.